The minimum atomic E-state index is 0.0193. The SMILES string of the molecule is CCC(C(=O)Nc1c(C)cccc1C)C1CCCCCC(c2ccccc2)C1CCc1cccc(C)c1. The molecule has 3 aromatic carbocycles. The maximum atomic E-state index is 13.9. The Balaban J connectivity index is 1.67. The van der Waals surface area contributed by atoms with E-state index in [0.29, 0.717) is 17.8 Å². The molecule has 0 aromatic heterocycles. The van der Waals surface area contributed by atoms with Crippen molar-refractivity contribution in [3.63, 3.8) is 0 Å². The van der Waals surface area contributed by atoms with Crippen LogP contribution >= 0.6 is 0 Å². The van der Waals surface area contributed by atoms with E-state index in [1.807, 2.05) is 0 Å². The van der Waals surface area contributed by atoms with Gasteiger partial charge in [0.05, 0.1) is 0 Å². The second-order valence-electron chi connectivity index (χ2n) is 11.3. The zero-order chi connectivity index (χ0) is 26.2. The Morgan fingerprint density at radius 3 is 2.27 bits per heavy atom. The van der Waals surface area contributed by atoms with Crippen LogP contribution in [0.4, 0.5) is 5.69 Å². The average Bonchev–Trinajstić information content (AvgIpc) is 2.88. The Morgan fingerprint density at radius 2 is 1.57 bits per heavy atom. The topological polar surface area (TPSA) is 29.1 Å². The predicted octanol–water partition coefficient (Wildman–Crippen LogP) is 9.19. The molecule has 0 saturated heterocycles. The molecular weight excluding hydrogens is 450 g/mol. The standard InChI is InChI=1S/C35H45NO/c1-5-30(35(37)36-34-26(3)15-13-16-27(34)4)32-21-11-7-10-20-31(29-18-8-6-9-19-29)33(32)23-22-28-17-12-14-25(2)24-28/h6,8-9,12-19,24,30-33H,5,7,10-11,20-23H2,1-4H3,(H,36,37). The van der Waals surface area contributed by atoms with Crippen molar-refractivity contribution in [1.82, 2.24) is 0 Å². The Hall–Kier alpha value is -2.87. The van der Waals surface area contributed by atoms with Gasteiger partial charge in [-0.15, -0.1) is 0 Å². The van der Waals surface area contributed by atoms with Gasteiger partial charge in [-0.1, -0.05) is 105 Å². The first-order chi connectivity index (χ1) is 18.0. The second-order valence-corrected chi connectivity index (χ2v) is 11.3. The summed E-state index contributed by atoms with van der Waals surface area (Å²) in [5.74, 6) is 1.59. The maximum Gasteiger partial charge on any atom is 0.227 e. The van der Waals surface area contributed by atoms with Crippen LogP contribution in [-0.2, 0) is 11.2 Å². The first-order valence-electron chi connectivity index (χ1n) is 14.5. The number of aryl methyl sites for hydroxylation is 4. The van der Waals surface area contributed by atoms with Crippen LogP contribution in [0.3, 0.4) is 0 Å². The molecule has 2 nitrogen and oxygen atoms in total. The van der Waals surface area contributed by atoms with E-state index in [9.17, 15) is 4.79 Å². The minimum Gasteiger partial charge on any atom is -0.325 e. The number of nitrogens with one attached hydrogen (secondary N) is 1. The highest BCUT2D eigenvalue weighted by Gasteiger charge is 2.38. The van der Waals surface area contributed by atoms with Crippen molar-refractivity contribution in [2.75, 3.05) is 5.32 Å². The summed E-state index contributed by atoms with van der Waals surface area (Å²) in [6, 6.07) is 26.4. The van der Waals surface area contributed by atoms with Crippen LogP contribution in [0.5, 0.6) is 0 Å². The first-order valence-corrected chi connectivity index (χ1v) is 14.5. The van der Waals surface area contributed by atoms with E-state index >= 15 is 0 Å². The lowest BCUT2D eigenvalue weighted by atomic mass is 9.65. The van der Waals surface area contributed by atoms with Gasteiger partial charge in [0.15, 0.2) is 0 Å². The monoisotopic (exact) mass is 495 g/mol. The molecule has 0 spiro atoms. The van der Waals surface area contributed by atoms with E-state index in [0.717, 1.165) is 42.5 Å². The molecule has 4 atom stereocenters. The molecule has 0 heterocycles. The zero-order valence-electron chi connectivity index (χ0n) is 23.3. The lowest BCUT2D eigenvalue weighted by molar-refractivity contribution is -0.122. The molecule has 1 aliphatic carbocycles. The van der Waals surface area contributed by atoms with Crippen molar-refractivity contribution in [3.8, 4) is 0 Å². The molecule has 1 fully saturated rings. The van der Waals surface area contributed by atoms with Gasteiger partial charge in [-0.3, -0.25) is 4.79 Å². The highest BCUT2D eigenvalue weighted by atomic mass is 16.1. The van der Waals surface area contributed by atoms with E-state index in [1.165, 1.54) is 42.4 Å². The highest BCUT2D eigenvalue weighted by Crippen LogP contribution is 2.45. The maximum absolute atomic E-state index is 13.9. The number of benzene rings is 3. The summed E-state index contributed by atoms with van der Waals surface area (Å²) in [4.78, 5) is 13.9. The molecule has 1 N–H and O–H groups in total. The normalized spacial score (nSPS) is 21.0. The molecule has 0 radical (unpaired) electrons. The third-order valence-electron chi connectivity index (χ3n) is 8.72. The summed E-state index contributed by atoms with van der Waals surface area (Å²) in [6.45, 7) is 8.58. The van der Waals surface area contributed by atoms with E-state index in [4.69, 9.17) is 0 Å². The number of hydrogen-bond acceptors (Lipinski definition) is 1. The molecule has 1 aliphatic rings. The fourth-order valence-electron chi connectivity index (χ4n) is 6.79. The number of carbonyl (C=O) groups excluding carboxylic acids is 1. The number of carbonyl (C=O) groups is 1. The summed E-state index contributed by atoms with van der Waals surface area (Å²) >= 11 is 0. The highest BCUT2D eigenvalue weighted by molar-refractivity contribution is 5.94. The molecule has 0 aliphatic heterocycles. The Kier molecular flexibility index (Phi) is 9.61. The smallest absolute Gasteiger partial charge is 0.227 e. The minimum absolute atomic E-state index is 0.0193. The Bertz CT molecular complexity index is 1130. The molecule has 1 saturated carbocycles. The third-order valence-corrected chi connectivity index (χ3v) is 8.72. The molecule has 1 amide bonds. The lowest BCUT2D eigenvalue weighted by Crippen LogP contribution is -2.37. The van der Waals surface area contributed by atoms with Gasteiger partial charge in [0.2, 0.25) is 5.91 Å². The van der Waals surface area contributed by atoms with Gasteiger partial charge in [-0.25, -0.2) is 0 Å². The van der Waals surface area contributed by atoms with Crippen LogP contribution in [0, 0.1) is 38.5 Å². The summed E-state index contributed by atoms with van der Waals surface area (Å²) in [6.07, 6.45) is 9.19. The number of anilines is 1. The predicted molar refractivity (Wildman–Crippen MR) is 157 cm³/mol. The molecule has 3 aromatic rings. The molecule has 2 heteroatoms. The van der Waals surface area contributed by atoms with E-state index in [2.05, 4.69) is 106 Å². The van der Waals surface area contributed by atoms with Crippen LogP contribution < -0.4 is 5.32 Å². The zero-order valence-corrected chi connectivity index (χ0v) is 23.3. The van der Waals surface area contributed by atoms with Crippen molar-refractivity contribution in [3.05, 3.63) is 101 Å². The van der Waals surface area contributed by atoms with Gasteiger partial charge >= 0.3 is 0 Å². The summed E-state index contributed by atoms with van der Waals surface area (Å²) < 4.78 is 0. The number of para-hydroxylation sites is 1. The van der Waals surface area contributed by atoms with Crippen LogP contribution in [0.15, 0.2) is 72.8 Å². The number of amides is 1. The van der Waals surface area contributed by atoms with Crippen LogP contribution in [0.1, 0.15) is 85.6 Å². The van der Waals surface area contributed by atoms with Crippen molar-refractivity contribution >= 4 is 11.6 Å². The van der Waals surface area contributed by atoms with Crippen LogP contribution in [-0.4, -0.2) is 5.91 Å². The Morgan fingerprint density at radius 1 is 0.865 bits per heavy atom. The quantitative estimate of drug-likeness (QED) is 0.331. The van der Waals surface area contributed by atoms with Crippen molar-refractivity contribution in [2.24, 2.45) is 17.8 Å². The fourth-order valence-corrected chi connectivity index (χ4v) is 6.79. The van der Waals surface area contributed by atoms with Crippen LogP contribution in [0.2, 0.25) is 0 Å². The van der Waals surface area contributed by atoms with Gasteiger partial charge in [0.1, 0.15) is 0 Å². The van der Waals surface area contributed by atoms with Crippen molar-refractivity contribution in [2.45, 2.75) is 85.0 Å². The molecule has 37 heavy (non-hydrogen) atoms. The van der Waals surface area contributed by atoms with Crippen molar-refractivity contribution in [1.29, 1.82) is 0 Å². The molecule has 4 unspecified atom stereocenters. The third kappa shape index (κ3) is 6.92. The van der Waals surface area contributed by atoms with Crippen molar-refractivity contribution < 1.29 is 4.79 Å². The van der Waals surface area contributed by atoms with Gasteiger partial charge in [-0.05, 0) is 92.9 Å². The molecule has 196 valence electrons. The second kappa shape index (κ2) is 13.1. The summed E-state index contributed by atoms with van der Waals surface area (Å²) in [5, 5.41) is 3.38. The van der Waals surface area contributed by atoms with Gasteiger partial charge in [-0.2, -0.15) is 0 Å². The van der Waals surface area contributed by atoms with Gasteiger partial charge in [0.25, 0.3) is 0 Å². The fraction of sp³-hybridized carbons (Fsp3) is 0.457. The molecule has 4 rings (SSSR count). The number of hydrogen-bond donors (Lipinski definition) is 1. The van der Waals surface area contributed by atoms with Gasteiger partial charge in [0, 0.05) is 11.6 Å². The Labute approximate surface area is 224 Å². The van der Waals surface area contributed by atoms with E-state index < -0.39 is 0 Å². The first kappa shape index (κ1) is 27.2. The average molecular weight is 496 g/mol. The largest absolute Gasteiger partial charge is 0.325 e. The molecular formula is C35H45NO. The van der Waals surface area contributed by atoms with E-state index in [-0.39, 0.29) is 11.8 Å². The molecule has 0 bridgehead atoms. The van der Waals surface area contributed by atoms with Gasteiger partial charge < -0.3 is 5.32 Å². The van der Waals surface area contributed by atoms with E-state index in [1.54, 1.807) is 0 Å². The summed E-state index contributed by atoms with van der Waals surface area (Å²) in [7, 11) is 0. The number of rotatable bonds is 8. The summed E-state index contributed by atoms with van der Waals surface area (Å²) in [5.41, 5.74) is 7.46. The van der Waals surface area contributed by atoms with Crippen LogP contribution in [0.25, 0.3) is 0 Å². The lowest BCUT2D eigenvalue weighted by Gasteiger charge is -2.40.